The van der Waals surface area contributed by atoms with Gasteiger partial charge in [-0.05, 0) is 41.1 Å². The molecular weight excluding hydrogens is 297 g/mol. The first-order valence-corrected chi connectivity index (χ1v) is 6.52. The highest BCUT2D eigenvalue weighted by Gasteiger charge is 2.08. The van der Waals surface area contributed by atoms with Gasteiger partial charge in [-0.25, -0.2) is 4.39 Å². The van der Waals surface area contributed by atoms with Gasteiger partial charge < -0.3 is 9.57 Å². The molecule has 0 saturated heterocycles. The van der Waals surface area contributed by atoms with Crippen LogP contribution in [0.5, 0.6) is 5.75 Å². The lowest BCUT2D eigenvalue weighted by Crippen LogP contribution is -2.13. The standard InChI is InChI=1S/C14H11ClFN3O2/c1-20-14-5-2-9(6-11(14)16)8-21-19-13-7-10(15)3-4-12(13)17-18-19/h2-7H,8H2,1H3. The third-order valence-electron chi connectivity index (χ3n) is 2.95. The van der Waals surface area contributed by atoms with Gasteiger partial charge in [-0.2, -0.15) is 0 Å². The minimum atomic E-state index is -0.440. The molecule has 7 heteroatoms. The zero-order chi connectivity index (χ0) is 14.8. The number of fused-ring (bicyclic) bond motifs is 1. The summed E-state index contributed by atoms with van der Waals surface area (Å²) in [6.07, 6.45) is 0. The van der Waals surface area contributed by atoms with Crippen molar-refractivity contribution in [2.45, 2.75) is 6.61 Å². The summed E-state index contributed by atoms with van der Waals surface area (Å²) in [4.78, 5) is 6.77. The molecule has 0 unspecified atom stereocenters. The summed E-state index contributed by atoms with van der Waals surface area (Å²) >= 11 is 5.93. The van der Waals surface area contributed by atoms with Gasteiger partial charge in [-0.1, -0.05) is 22.5 Å². The van der Waals surface area contributed by atoms with Gasteiger partial charge >= 0.3 is 0 Å². The third-order valence-corrected chi connectivity index (χ3v) is 3.18. The molecule has 0 spiro atoms. The normalized spacial score (nSPS) is 10.8. The molecule has 0 N–H and O–H groups in total. The number of hydrogen-bond acceptors (Lipinski definition) is 4. The van der Waals surface area contributed by atoms with Gasteiger partial charge in [0.2, 0.25) is 0 Å². The highest BCUT2D eigenvalue weighted by molar-refractivity contribution is 6.31. The van der Waals surface area contributed by atoms with E-state index in [4.69, 9.17) is 21.2 Å². The first-order valence-electron chi connectivity index (χ1n) is 6.14. The van der Waals surface area contributed by atoms with Gasteiger partial charge in [0.05, 0.1) is 7.11 Å². The van der Waals surface area contributed by atoms with Gasteiger partial charge in [0, 0.05) is 5.02 Å². The molecule has 2 aromatic carbocycles. The van der Waals surface area contributed by atoms with Crippen LogP contribution in [0.3, 0.4) is 0 Å². The summed E-state index contributed by atoms with van der Waals surface area (Å²) < 4.78 is 18.5. The number of hydrogen-bond donors (Lipinski definition) is 0. The Morgan fingerprint density at radius 3 is 2.86 bits per heavy atom. The van der Waals surface area contributed by atoms with Crippen molar-refractivity contribution in [3.05, 3.63) is 52.8 Å². The van der Waals surface area contributed by atoms with E-state index in [2.05, 4.69) is 10.3 Å². The summed E-state index contributed by atoms with van der Waals surface area (Å²) in [5.41, 5.74) is 1.97. The fraction of sp³-hybridized carbons (Fsp3) is 0.143. The summed E-state index contributed by atoms with van der Waals surface area (Å²) in [7, 11) is 1.42. The lowest BCUT2D eigenvalue weighted by molar-refractivity contribution is 0.0750. The SMILES string of the molecule is COc1ccc(COn2nnc3ccc(Cl)cc32)cc1F. The highest BCUT2D eigenvalue weighted by Crippen LogP contribution is 2.19. The second-order valence-corrected chi connectivity index (χ2v) is 4.77. The molecule has 0 aliphatic heterocycles. The van der Waals surface area contributed by atoms with E-state index in [9.17, 15) is 4.39 Å². The van der Waals surface area contributed by atoms with Gasteiger partial charge in [-0.15, -0.1) is 5.10 Å². The molecule has 0 radical (unpaired) electrons. The molecule has 0 fully saturated rings. The molecular formula is C14H11ClFN3O2. The van der Waals surface area contributed by atoms with E-state index in [1.807, 2.05) is 0 Å². The van der Waals surface area contributed by atoms with Crippen LogP contribution in [-0.4, -0.2) is 22.3 Å². The minimum Gasteiger partial charge on any atom is -0.494 e. The molecule has 5 nitrogen and oxygen atoms in total. The molecule has 0 aliphatic rings. The molecule has 3 aromatic rings. The number of nitrogens with zero attached hydrogens (tertiary/aromatic N) is 3. The number of rotatable bonds is 4. The second kappa shape index (κ2) is 5.57. The molecule has 3 rings (SSSR count). The summed E-state index contributed by atoms with van der Waals surface area (Å²) in [5, 5.41) is 8.39. The van der Waals surface area contributed by atoms with Crippen LogP contribution in [0.2, 0.25) is 5.02 Å². The Morgan fingerprint density at radius 1 is 1.24 bits per heavy atom. The predicted molar refractivity (Wildman–Crippen MR) is 75.8 cm³/mol. The fourth-order valence-corrected chi connectivity index (χ4v) is 2.07. The van der Waals surface area contributed by atoms with E-state index in [0.717, 1.165) is 0 Å². The Bertz CT molecular complexity index is 791. The maximum Gasteiger partial charge on any atom is 0.165 e. The highest BCUT2D eigenvalue weighted by atomic mass is 35.5. The van der Waals surface area contributed by atoms with Crippen molar-refractivity contribution in [1.82, 2.24) is 15.2 Å². The molecule has 0 aliphatic carbocycles. The Kier molecular flexibility index (Phi) is 3.62. The molecule has 108 valence electrons. The predicted octanol–water partition coefficient (Wildman–Crippen LogP) is 2.86. The van der Waals surface area contributed by atoms with Crippen LogP contribution in [0.25, 0.3) is 11.0 Å². The van der Waals surface area contributed by atoms with Gasteiger partial charge in [0.15, 0.2) is 11.6 Å². The van der Waals surface area contributed by atoms with Crippen molar-refractivity contribution < 1.29 is 14.0 Å². The minimum absolute atomic E-state index is 0.145. The van der Waals surface area contributed by atoms with Crippen molar-refractivity contribution in [3.63, 3.8) is 0 Å². The fourth-order valence-electron chi connectivity index (χ4n) is 1.90. The Balaban J connectivity index is 1.80. The number of halogens is 2. The van der Waals surface area contributed by atoms with Gasteiger partial charge in [0.1, 0.15) is 17.6 Å². The average Bonchev–Trinajstić information content (AvgIpc) is 2.87. The van der Waals surface area contributed by atoms with Crippen LogP contribution in [0, 0.1) is 5.82 Å². The smallest absolute Gasteiger partial charge is 0.165 e. The average molecular weight is 308 g/mol. The van der Waals surface area contributed by atoms with Crippen LogP contribution >= 0.6 is 11.6 Å². The van der Waals surface area contributed by atoms with Gasteiger partial charge in [0.25, 0.3) is 0 Å². The Labute approximate surface area is 124 Å². The first kappa shape index (κ1) is 13.6. The zero-order valence-corrected chi connectivity index (χ0v) is 11.8. The molecule has 1 heterocycles. The van der Waals surface area contributed by atoms with Crippen LogP contribution in [0.1, 0.15) is 5.56 Å². The van der Waals surface area contributed by atoms with Crippen molar-refractivity contribution in [3.8, 4) is 5.75 Å². The lowest BCUT2D eigenvalue weighted by Gasteiger charge is -2.07. The lowest BCUT2D eigenvalue weighted by atomic mass is 10.2. The summed E-state index contributed by atoms with van der Waals surface area (Å²) in [5.74, 6) is -0.248. The van der Waals surface area contributed by atoms with E-state index in [-0.39, 0.29) is 12.4 Å². The molecule has 0 bridgehead atoms. The first-order chi connectivity index (χ1) is 10.2. The van der Waals surface area contributed by atoms with Crippen molar-refractivity contribution >= 4 is 22.6 Å². The number of aromatic nitrogens is 3. The summed E-state index contributed by atoms with van der Waals surface area (Å²) in [6.45, 7) is 0.145. The van der Waals surface area contributed by atoms with Crippen LogP contribution < -0.4 is 9.57 Å². The topological polar surface area (TPSA) is 49.2 Å². The third kappa shape index (κ3) is 2.75. The molecule has 0 amide bonds. The van der Waals surface area contributed by atoms with E-state index >= 15 is 0 Å². The zero-order valence-electron chi connectivity index (χ0n) is 11.1. The van der Waals surface area contributed by atoms with Crippen molar-refractivity contribution in [2.24, 2.45) is 0 Å². The van der Waals surface area contributed by atoms with Gasteiger partial charge in [-0.3, -0.25) is 0 Å². The largest absolute Gasteiger partial charge is 0.494 e. The van der Waals surface area contributed by atoms with Crippen LogP contribution in [-0.2, 0) is 6.61 Å². The summed E-state index contributed by atoms with van der Waals surface area (Å²) in [6, 6.07) is 9.79. The van der Waals surface area contributed by atoms with E-state index in [0.29, 0.717) is 21.6 Å². The molecule has 0 atom stereocenters. The van der Waals surface area contributed by atoms with Crippen molar-refractivity contribution in [1.29, 1.82) is 0 Å². The number of ether oxygens (including phenoxy) is 1. The van der Waals surface area contributed by atoms with E-state index in [1.54, 1.807) is 30.3 Å². The van der Waals surface area contributed by atoms with Crippen molar-refractivity contribution in [2.75, 3.05) is 7.11 Å². The Hall–Kier alpha value is -2.34. The van der Waals surface area contributed by atoms with E-state index in [1.165, 1.54) is 18.0 Å². The molecule has 0 saturated carbocycles. The maximum atomic E-state index is 13.6. The Morgan fingerprint density at radius 2 is 2.10 bits per heavy atom. The quantitative estimate of drug-likeness (QED) is 0.743. The second-order valence-electron chi connectivity index (χ2n) is 4.34. The number of benzene rings is 2. The van der Waals surface area contributed by atoms with Crippen LogP contribution in [0.4, 0.5) is 4.39 Å². The monoisotopic (exact) mass is 307 g/mol. The molecule has 1 aromatic heterocycles. The maximum absolute atomic E-state index is 13.6. The van der Waals surface area contributed by atoms with E-state index < -0.39 is 5.82 Å². The van der Waals surface area contributed by atoms with Crippen LogP contribution in [0.15, 0.2) is 36.4 Å². The number of methoxy groups -OCH3 is 1. The molecule has 21 heavy (non-hydrogen) atoms.